The van der Waals surface area contributed by atoms with E-state index in [4.69, 9.17) is 0 Å². The molecule has 1 aromatic carbocycles. The van der Waals surface area contributed by atoms with Crippen molar-refractivity contribution in [2.75, 3.05) is 26.7 Å². The Morgan fingerprint density at radius 3 is 2.44 bits per heavy atom. The molecule has 0 amide bonds. The molecule has 0 unspecified atom stereocenters. The first-order valence-electron chi connectivity index (χ1n) is 6.92. The molecule has 0 heterocycles. The van der Waals surface area contributed by atoms with E-state index in [1.54, 1.807) is 0 Å². The number of hydrogen-bond acceptors (Lipinski definition) is 2. The number of rotatable bonds is 6. The zero-order valence-electron chi connectivity index (χ0n) is 12.6. The number of hydrogen-bond donors (Lipinski definition) is 1. The SMILES string of the molecule is CCN(C)CCNCc1ccccc1C(C)(C)C. The number of benzene rings is 1. The smallest absolute Gasteiger partial charge is 0.0208 e. The van der Waals surface area contributed by atoms with Crippen LogP contribution in [0.15, 0.2) is 24.3 Å². The zero-order chi connectivity index (χ0) is 13.6. The van der Waals surface area contributed by atoms with E-state index in [9.17, 15) is 0 Å². The minimum atomic E-state index is 0.221. The summed E-state index contributed by atoms with van der Waals surface area (Å²) in [7, 11) is 2.16. The Morgan fingerprint density at radius 2 is 1.83 bits per heavy atom. The summed E-state index contributed by atoms with van der Waals surface area (Å²) >= 11 is 0. The third-order valence-corrected chi connectivity index (χ3v) is 3.35. The fraction of sp³-hybridized carbons (Fsp3) is 0.625. The summed E-state index contributed by atoms with van der Waals surface area (Å²) in [5.41, 5.74) is 3.09. The molecule has 0 aliphatic heterocycles. The third kappa shape index (κ3) is 4.79. The molecule has 18 heavy (non-hydrogen) atoms. The third-order valence-electron chi connectivity index (χ3n) is 3.35. The van der Waals surface area contributed by atoms with Crippen molar-refractivity contribution in [3.63, 3.8) is 0 Å². The van der Waals surface area contributed by atoms with Gasteiger partial charge in [-0.2, -0.15) is 0 Å². The van der Waals surface area contributed by atoms with E-state index in [1.165, 1.54) is 11.1 Å². The van der Waals surface area contributed by atoms with Gasteiger partial charge in [0, 0.05) is 19.6 Å². The Hall–Kier alpha value is -0.860. The van der Waals surface area contributed by atoms with Gasteiger partial charge in [-0.05, 0) is 30.1 Å². The van der Waals surface area contributed by atoms with Gasteiger partial charge in [0.05, 0.1) is 0 Å². The Bertz CT molecular complexity index is 352. The summed E-state index contributed by atoms with van der Waals surface area (Å²) in [5, 5.41) is 3.54. The van der Waals surface area contributed by atoms with E-state index in [0.29, 0.717) is 0 Å². The lowest BCUT2D eigenvalue weighted by molar-refractivity contribution is 0.348. The number of likely N-dealkylation sites (N-methyl/N-ethyl adjacent to an activating group) is 1. The number of nitrogens with one attached hydrogen (secondary N) is 1. The molecule has 2 nitrogen and oxygen atoms in total. The van der Waals surface area contributed by atoms with E-state index in [0.717, 1.165) is 26.2 Å². The monoisotopic (exact) mass is 248 g/mol. The molecule has 0 saturated carbocycles. The van der Waals surface area contributed by atoms with Crippen molar-refractivity contribution in [1.82, 2.24) is 10.2 Å². The van der Waals surface area contributed by atoms with Crippen LogP contribution >= 0.6 is 0 Å². The fourth-order valence-electron chi connectivity index (χ4n) is 2.06. The Balaban J connectivity index is 2.52. The van der Waals surface area contributed by atoms with Crippen molar-refractivity contribution in [2.24, 2.45) is 0 Å². The first-order chi connectivity index (χ1) is 8.45. The molecular weight excluding hydrogens is 220 g/mol. The Morgan fingerprint density at radius 1 is 1.17 bits per heavy atom. The van der Waals surface area contributed by atoms with Crippen molar-refractivity contribution in [1.29, 1.82) is 0 Å². The first-order valence-corrected chi connectivity index (χ1v) is 6.92. The summed E-state index contributed by atoms with van der Waals surface area (Å²) < 4.78 is 0. The number of nitrogens with zero attached hydrogens (tertiary/aromatic N) is 1. The molecule has 0 bridgehead atoms. The maximum atomic E-state index is 3.54. The average Bonchev–Trinajstić information content (AvgIpc) is 2.33. The van der Waals surface area contributed by atoms with Crippen molar-refractivity contribution < 1.29 is 0 Å². The van der Waals surface area contributed by atoms with Crippen LogP contribution in [0.5, 0.6) is 0 Å². The molecule has 0 aliphatic rings. The van der Waals surface area contributed by atoms with Crippen LogP contribution in [0, 0.1) is 0 Å². The highest BCUT2D eigenvalue weighted by molar-refractivity contribution is 5.32. The van der Waals surface area contributed by atoms with Gasteiger partial charge in [-0.25, -0.2) is 0 Å². The molecular formula is C16H28N2. The molecule has 1 aromatic rings. The minimum Gasteiger partial charge on any atom is -0.311 e. The molecule has 102 valence electrons. The van der Waals surface area contributed by atoms with Gasteiger partial charge in [-0.15, -0.1) is 0 Å². The van der Waals surface area contributed by atoms with Gasteiger partial charge in [0.1, 0.15) is 0 Å². The van der Waals surface area contributed by atoms with Gasteiger partial charge in [0.2, 0.25) is 0 Å². The maximum absolute atomic E-state index is 3.54. The Kier molecular flexibility index (Phi) is 5.83. The second-order valence-corrected chi connectivity index (χ2v) is 5.98. The molecule has 2 heteroatoms. The molecule has 1 rings (SSSR count). The summed E-state index contributed by atoms with van der Waals surface area (Å²) in [5.74, 6) is 0. The molecule has 0 atom stereocenters. The van der Waals surface area contributed by atoms with E-state index in [1.807, 2.05) is 0 Å². The van der Waals surface area contributed by atoms with Crippen LogP contribution in [-0.4, -0.2) is 31.6 Å². The van der Waals surface area contributed by atoms with Crippen LogP contribution < -0.4 is 5.32 Å². The summed E-state index contributed by atoms with van der Waals surface area (Å²) in [6.07, 6.45) is 0. The standard InChI is InChI=1S/C16H28N2/c1-6-18(5)12-11-17-13-14-9-7-8-10-15(14)16(2,3)4/h7-10,17H,6,11-13H2,1-5H3. The van der Waals surface area contributed by atoms with E-state index < -0.39 is 0 Å². The van der Waals surface area contributed by atoms with Gasteiger partial charge in [0.15, 0.2) is 0 Å². The summed E-state index contributed by atoms with van der Waals surface area (Å²) in [4.78, 5) is 2.32. The molecule has 1 N–H and O–H groups in total. The Labute approximate surface area is 112 Å². The van der Waals surface area contributed by atoms with Gasteiger partial charge >= 0.3 is 0 Å². The van der Waals surface area contributed by atoms with Crippen LogP contribution in [0.4, 0.5) is 0 Å². The summed E-state index contributed by atoms with van der Waals surface area (Å²) in [6, 6.07) is 8.74. The molecule has 0 fully saturated rings. The molecule has 0 aliphatic carbocycles. The van der Waals surface area contributed by atoms with E-state index in [2.05, 4.69) is 69.2 Å². The highest BCUT2D eigenvalue weighted by Gasteiger charge is 2.16. The maximum Gasteiger partial charge on any atom is 0.0208 e. The predicted octanol–water partition coefficient (Wildman–Crippen LogP) is 3.03. The van der Waals surface area contributed by atoms with Gasteiger partial charge < -0.3 is 10.2 Å². The molecule has 0 radical (unpaired) electrons. The minimum absolute atomic E-state index is 0.221. The largest absolute Gasteiger partial charge is 0.311 e. The fourth-order valence-corrected chi connectivity index (χ4v) is 2.06. The average molecular weight is 248 g/mol. The lowest BCUT2D eigenvalue weighted by atomic mass is 9.84. The van der Waals surface area contributed by atoms with Crippen LogP contribution in [-0.2, 0) is 12.0 Å². The topological polar surface area (TPSA) is 15.3 Å². The van der Waals surface area contributed by atoms with Crippen molar-refractivity contribution in [3.05, 3.63) is 35.4 Å². The van der Waals surface area contributed by atoms with Crippen LogP contribution in [0.25, 0.3) is 0 Å². The lowest BCUT2D eigenvalue weighted by Gasteiger charge is -2.23. The second kappa shape index (κ2) is 6.91. The predicted molar refractivity (Wildman–Crippen MR) is 80.0 cm³/mol. The van der Waals surface area contributed by atoms with Gasteiger partial charge in [-0.1, -0.05) is 52.0 Å². The molecule has 0 spiro atoms. The van der Waals surface area contributed by atoms with Gasteiger partial charge in [-0.3, -0.25) is 0 Å². The van der Waals surface area contributed by atoms with Crippen molar-refractivity contribution in [3.8, 4) is 0 Å². The van der Waals surface area contributed by atoms with E-state index in [-0.39, 0.29) is 5.41 Å². The van der Waals surface area contributed by atoms with E-state index >= 15 is 0 Å². The lowest BCUT2D eigenvalue weighted by Crippen LogP contribution is -2.29. The highest BCUT2D eigenvalue weighted by atomic mass is 15.1. The first kappa shape index (κ1) is 15.2. The summed E-state index contributed by atoms with van der Waals surface area (Å²) in [6.45, 7) is 13.2. The molecule has 0 saturated heterocycles. The van der Waals surface area contributed by atoms with Crippen molar-refractivity contribution in [2.45, 2.75) is 39.7 Å². The van der Waals surface area contributed by atoms with Crippen LogP contribution in [0.1, 0.15) is 38.8 Å². The quantitative estimate of drug-likeness (QED) is 0.779. The van der Waals surface area contributed by atoms with Crippen LogP contribution in [0.2, 0.25) is 0 Å². The highest BCUT2D eigenvalue weighted by Crippen LogP contribution is 2.25. The molecule has 0 aromatic heterocycles. The van der Waals surface area contributed by atoms with Gasteiger partial charge in [0.25, 0.3) is 0 Å². The van der Waals surface area contributed by atoms with Crippen molar-refractivity contribution >= 4 is 0 Å². The van der Waals surface area contributed by atoms with Crippen LogP contribution in [0.3, 0.4) is 0 Å². The zero-order valence-corrected chi connectivity index (χ0v) is 12.6. The normalized spacial score (nSPS) is 12.1. The second-order valence-electron chi connectivity index (χ2n) is 5.98.